The van der Waals surface area contributed by atoms with Crippen LogP contribution < -0.4 is 10.6 Å². The van der Waals surface area contributed by atoms with Gasteiger partial charge in [-0.15, -0.1) is 0 Å². The molecular formula is C11H15F3N4. The summed E-state index contributed by atoms with van der Waals surface area (Å²) in [6, 6.07) is 0. The van der Waals surface area contributed by atoms with Gasteiger partial charge in [-0.1, -0.05) is 11.6 Å². The average molecular weight is 260 g/mol. The van der Waals surface area contributed by atoms with E-state index in [1.807, 2.05) is 11.0 Å². The van der Waals surface area contributed by atoms with Crippen LogP contribution in [0.2, 0.25) is 0 Å². The zero-order valence-corrected chi connectivity index (χ0v) is 10.0. The molecule has 0 saturated heterocycles. The minimum Gasteiger partial charge on any atom is -0.338 e. The lowest BCUT2D eigenvalue weighted by atomic mass is 10.1. The summed E-state index contributed by atoms with van der Waals surface area (Å²) in [5.74, 6) is 0.342. The number of aryl methyl sites for hydroxylation is 1. The summed E-state index contributed by atoms with van der Waals surface area (Å²) >= 11 is 0. The van der Waals surface area contributed by atoms with Gasteiger partial charge in [-0.25, -0.2) is 4.98 Å². The van der Waals surface area contributed by atoms with Gasteiger partial charge in [-0.2, -0.15) is 13.2 Å². The lowest BCUT2D eigenvalue weighted by molar-refractivity contribution is -0.140. The van der Waals surface area contributed by atoms with Gasteiger partial charge >= 0.3 is 6.18 Å². The summed E-state index contributed by atoms with van der Waals surface area (Å²) in [5.41, 5.74) is 5.80. The van der Waals surface area contributed by atoms with Crippen LogP contribution in [0.15, 0.2) is 17.8 Å². The lowest BCUT2D eigenvalue weighted by Gasteiger charge is -2.26. The van der Waals surface area contributed by atoms with Gasteiger partial charge in [0, 0.05) is 32.9 Å². The van der Waals surface area contributed by atoms with E-state index in [4.69, 9.17) is 5.73 Å². The first-order valence-corrected chi connectivity index (χ1v) is 5.65. The quantitative estimate of drug-likeness (QED) is 0.820. The van der Waals surface area contributed by atoms with Gasteiger partial charge in [0.1, 0.15) is 0 Å². The van der Waals surface area contributed by atoms with Gasteiger partial charge < -0.3 is 15.2 Å². The molecule has 7 heteroatoms. The van der Waals surface area contributed by atoms with Crippen LogP contribution in [0.4, 0.5) is 19.1 Å². The number of alkyl halides is 3. The molecule has 1 aromatic heterocycles. The summed E-state index contributed by atoms with van der Waals surface area (Å²) in [6.45, 7) is 1.70. The van der Waals surface area contributed by atoms with Gasteiger partial charge in [-0.3, -0.25) is 0 Å². The molecule has 18 heavy (non-hydrogen) atoms. The maximum atomic E-state index is 12.5. The molecule has 0 fully saturated rings. The van der Waals surface area contributed by atoms with E-state index in [0.717, 1.165) is 18.2 Å². The molecule has 1 aliphatic rings. The Bertz CT molecular complexity index is 461. The van der Waals surface area contributed by atoms with E-state index in [0.29, 0.717) is 25.6 Å². The topological polar surface area (TPSA) is 47.1 Å². The monoisotopic (exact) mass is 260 g/mol. The largest absolute Gasteiger partial charge is 0.434 e. The van der Waals surface area contributed by atoms with Gasteiger partial charge in [0.05, 0.1) is 0 Å². The maximum absolute atomic E-state index is 12.5. The third-order valence-electron chi connectivity index (χ3n) is 2.99. The molecule has 2 heterocycles. The van der Waals surface area contributed by atoms with Gasteiger partial charge in [0.15, 0.2) is 5.69 Å². The molecular weight excluding hydrogens is 245 g/mol. The summed E-state index contributed by atoms with van der Waals surface area (Å²) < 4.78 is 39.0. The van der Waals surface area contributed by atoms with E-state index < -0.39 is 11.9 Å². The second-order valence-corrected chi connectivity index (χ2v) is 4.30. The molecule has 100 valence electrons. The molecule has 4 nitrogen and oxygen atoms in total. The van der Waals surface area contributed by atoms with Crippen LogP contribution in [0.5, 0.6) is 0 Å². The van der Waals surface area contributed by atoms with Crippen molar-refractivity contribution < 1.29 is 13.2 Å². The van der Waals surface area contributed by atoms with E-state index >= 15 is 0 Å². The van der Waals surface area contributed by atoms with Crippen molar-refractivity contribution >= 4 is 5.95 Å². The van der Waals surface area contributed by atoms with E-state index in [1.54, 1.807) is 7.05 Å². The van der Waals surface area contributed by atoms with E-state index in [2.05, 4.69) is 4.98 Å². The minimum atomic E-state index is -4.40. The Balaban J connectivity index is 2.20. The fraction of sp³-hybridized carbons (Fsp3) is 0.545. The molecule has 0 unspecified atom stereocenters. The van der Waals surface area contributed by atoms with Crippen molar-refractivity contribution in [1.82, 2.24) is 9.55 Å². The standard InChI is InChI=1S/C11H15F3N4/c1-17-7-9(11(12,13)14)16-10(17)18-4-2-8(6-15)3-5-18/h2,7H,3-6,15H2,1H3. The molecule has 2 N–H and O–H groups in total. The number of halogens is 3. The SMILES string of the molecule is Cn1cc(C(F)(F)F)nc1N1CC=C(CN)CC1. The third kappa shape index (κ3) is 2.50. The molecule has 0 radical (unpaired) electrons. The zero-order chi connectivity index (χ0) is 13.3. The first kappa shape index (κ1) is 12.9. The van der Waals surface area contributed by atoms with Crippen molar-refractivity contribution in [2.45, 2.75) is 12.6 Å². The second-order valence-electron chi connectivity index (χ2n) is 4.30. The molecule has 0 aromatic carbocycles. The summed E-state index contributed by atoms with van der Waals surface area (Å²) in [5, 5.41) is 0. The highest BCUT2D eigenvalue weighted by Crippen LogP contribution is 2.30. The molecule has 0 saturated carbocycles. The van der Waals surface area contributed by atoms with Crippen LogP contribution in [0.1, 0.15) is 12.1 Å². The number of nitrogens with two attached hydrogens (primary N) is 1. The first-order chi connectivity index (χ1) is 8.41. The van der Waals surface area contributed by atoms with Crippen molar-refractivity contribution in [3.8, 4) is 0 Å². The summed E-state index contributed by atoms with van der Waals surface area (Å²) in [7, 11) is 1.57. The molecule has 1 aromatic rings. The van der Waals surface area contributed by atoms with Crippen LogP contribution >= 0.6 is 0 Å². The number of imidazole rings is 1. The van der Waals surface area contributed by atoms with Crippen LogP contribution in [-0.2, 0) is 13.2 Å². The van der Waals surface area contributed by atoms with Gasteiger partial charge in [0.25, 0.3) is 0 Å². The van der Waals surface area contributed by atoms with Gasteiger partial charge in [0.2, 0.25) is 5.95 Å². The number of anilines is 1. The highest BCUT2D eigenvalue weighted by atomic mass is 19.4. The minimum absolute atomic E-state index is 0.342. The van der Waals surface area contributed by atoms with Crippen LogP contribution in [0.25, 0.3) is 0 Å². The predicted octanol–water partition coefficient (Wildman–Crippen LogP) is 1.53. The molecule has 0 aliphatic carbocycles. The van der Waals surface area contributed by atoms with Crippen LogP contribution in [0.3, 0.4) is 0 Å². The van der Waals surface area contributed by atoms with Crippen LogP contribution in [0, 0.1) is 0 Å². The maximum Gasteiger partial charge on any atom is 0.434 e. The van der Waals surface area contributed by atoms with Crippen molar-refractivity contribution in [2.75, 3.05) is 24.5 Å². The Labute approximate surface area is 103 Å². The summed E-state index contributed by atoms with van der Waals surface area (Å²) in [6.07, 6.45) is -0.669. The van der Waals surface area contributed by atoms with Gasteiger partial charge in [-0.05, 0) is 6.42 Å². The van der Waals surface area contributed by atoms with E-state index in [-0.39, 0.29) is 0 Å². The number of aromatic nitrogens is 2. The Hall–Kier alpha value is -1.50. The average Bonchev–Trinajstić information content (AvgIpc) is 2.71. The number of hydrogen-bond donors (Lipinski definition) is 1. The second kappa shape index (κ2) is 4.64. The molecule has 1 aliphatic heterocycles. The highest BCUT2D eigenvalue weighted by molar-refractivity contribution is 5.37. The molecule has 0 amide bonds. The summed E-state index contributed by atoms with van der Waals surface area (Å²) in [4.78, 5) is 5.47. The lowest BCUT2D eigenvalue weighted by Crippen LogP contribution is -2.32. The Kier molecular flexibility index (Phi) is 3.34. The van der Waals surface area contributed by atoms with E-state index in [1.165, 1.54) is 4.57 Å². The molecule has 0 bridgehead atoms. The van der Waals surface area contributed by atoms with E-state index in [9.17, 15) is 13.2 Å². The fourth-order valence-electron chi connectivity index (χ4n) is 1.97. The first-order valence-electron chi connectivity index (χ1n) is 5.65. The number of nitrogens with zero attached hydrogens (tertiary/aromatic N) is 3. The number of hydrogen-bond acceptors (Lipinski definition) is 3. The number of rotatable bonds is 2. The molecule has 0 spiro atoms. The van der Waals surface area contributed by atoms with Crippen molar-refractivity contribution in [2.24, 2.45) is 12.8 Å². The predicted molar refractivity (Wildman–Crippen MR) is 62.2 cm³/mol. The Morgan fingerprint density at radius 3 is 2.61 bits per heavy atom. The highest BCUT2D eigenvalue weighted by Gasteiger charge is 2.35. The van der Waals surface area contributed by atoms with Crippen LogP contribution in [-0.4, -0.2) is 29.2 Å². The van der Waals surface area contributed by atoms with Crippen molar-refractivity contribution in [3.05, 3.63) is 23.5 Å². The molecule has 2 rings (SSSR count). The smallest absolute Gasteiger partial charge is 0.338 e. The zero-order valence-electron chi connectivity index (χ0n) is 10.0. The fourth-order valence-corrected chi connectivity index (χ4v) is 1.97. The van der Waals surface area contributed by atoms with Crippen molar-refractivity contribution in [3.63, 3.8) is 0 Å². The molecule has 0 atom stereocenters. The van der Waals surface area contributed by atoms with Crippen molar-refractivity contribution in [1.29, 1.82) is 0 Å². The normalized spacial score (nSPS) is 16.9. The third-order valence-corrected chi connectivity index (χ3v) is 2.99. The Morgan fingerprint density at radius 1 is 1.44 bits per heavy atom. The Morgan fingerprint density at radius 2 is 2.17 bits per heavy atom.